The Hall–Kier alpha value is -1.20. The summed E-state index contributed by atoms with van der Waals surface area (Å²) in [4.78, 5) is 11.8. The normalized spacial score (nSPS) is 17.2. The van der Waals surface area contributed by atoms with Crippen molar-refractivity contribution in [1.82, 2.24) is 15.1 Å². The van der Waals surface area contributed by atoms with Gasteiger partial charge >= 0.3 is 0 Å². The van der Waals surface area contributed by atoms with Crippen molar-refractivity contribution >= 4 is 5.78 Å². The molecule has 1 aliphatic heterocycles. The maximum Gasteiger partial charge on any atom is 0.183 e. The van der Waals surface area contributed by atoms with Crippen molar-refractivity contribution in [3.63, 3.8) is 0 Å². The summed E-state index contributed by atoms with van der Waals surface area (Å²) in [5.74, 6) is 0.0962. The van der Waals surface area contributed by atoms with E-state index < -0.39 is 0 Å². The van der Waals surface area contributed by atoms with Crippen LogP contribution in [-0.4, -0.2) is 41.4 Å². The van der Waals surface area contributed by atoms with Crippen LogP contribution in [0.4, 0.5) is 0 Å². The Kier molecular flexibility index (Phi) is 4.28. The molecule has 0 aromatic carbocycles. The summed E-state index contributed by atoms with van der Waals surface area (Å²) in [6.07, 6.45) is 4.47. The molecule has 0 radical (unpaired) electrons. The second-order valence-electron chi connectivity index (χ2n) is 4.33. The first-order valence-electron chi connectivity index (χ1n) is 6.11. The number of aromatic nitrogens is 2. The molecule has 2 heterocycles. The molecule has 0 amide bonds. The summed E-state index contributed by atoms with van der Waals surface area (Å²) in [6, 6.07) is 1.74. The quantitative estimate of drug-likeness (QED) is 0.768. The predicted octanol–water partition coefficient (Wildman–Crippen LogP) is 0.761. The van der Waals surface area contributed by atoms with Crippen molar-refractivity contribution in [2.24, 2.45) is 7.05 Å². The molecule has 17 heavy (non-hydrogen) atoms. The van der Waals surface area contributed by atoms with Gasteiger partial charge in [0.05, 0.1) is 12.7 Å². The molecule has 0 unspecified atom stereocenters. The first-order chi connectivity index (χ1) is 8.27. The molecule has 1 fully saturated rings. The number of hydrogen-bond donors (Lipinski definition) is 1. The molecule has 2 rings (SSSR count). The van der Waals surface area contributed by atoms with Gasteiger partial charge in [-0.15, -0.1) is 0 Å². The maximum absolute atomic E-state index is 11.8. The van der Waals surface area contributed by atoms with Crippen molar-refractivity contribution in [2.45, 2.75) is 25.4 Å². The molecule has 0 aliphatic carbocycles. The lowest BCUT2D eigenvalue weighted by Crippen LogP contribution is -2.32. The third-order valence-electron chi connectivity index (χ3n) is 3.08. The van der Waals surface area contributed by atoms with Crippen LogP contribution in [0.15, 0.2) is 12.3 Å². The van der Waals surface area contributed by atoms with E-state index in [1.54, 1.807) is 24.0 Å². The molecule has 0 saturated carbocycles. The Balaban J connectivity index is 1.71. The van der Waals surface area contributed by atoms with Crippen LogP contribution in [0.1, 0.15) is 29.8 Å². The van der Waals surface area contributed by atoms with E-state index in [0.717, 1.165) is 25.9 Å². The number of ether oxygens (including phenoxy) is 1. The van der Waals surface area contributed by atoms with E-state index in [1.807, 2.05) is 0 Å². The summed E-state index contributed by atoms with van der Waals surface area (Å²) in [5, 5.41) is 7.27. The SMILES string of the molecule is Cn1nccc1C(=O)CCOC1CCNCC1. The fourth-order valence-corrected chi connectivity index (χ4v) is 2.06. The molecule has 1 aromatic heterocycles. The molecule has 1 aromatic rings. The van der Waals surface area contributed by atoms with Gasteiger partial charge in [-0.3, -0.25) is 9.48 Å². The number of carbonyl (C=O) groups excluding carboxylic acids is 1. The van der Waals surface area contributed by atoms with Crippen LogP contribution in [0.2, 0.25) is 0 Å². The molecule has 0 spiro atoms. The van der Waals surface area contributed by atoms with Gasteiger partial charge in [0.15, 0.2) is 5.78 Å². The smallest absolute Gasteiger partial charge is 0.183 e. The summed E-state index contributed by atoms with van der Waals surface area (Å²) in [6.45, 7) is 2.54. The topological polar surface area (TPSA) is 56.2 Å². The third-order valence-corrected chi connectivity index (χ3v) is 3.08. The van der Waals surface area contributed by atoms with E-state index in [2.05, 4.69) is 10.4 Å². The highest BCUT2D eigenvalue weighted by Gasteiger charge is 2.15. The van der Waals surface area contributed by atoms with Gasteiger partial charge in [-0.1, -0.05) is 0 Å². The first-order valence-corrected chi connectivity index (χ1v) is 6.11. The van der Waals surface area contributed by atoms with Gasteiger partial charge in [0.2, 0.25) is 0 Å². The van der Waals surface area contributed by atoms with Crippen LogP contribution < -0.4 is 5.32 Å². The summed E-state index contributed by atoms with van der Waals surface area (Å²) >= 11 is 0. The number of rotatable bonds is 5. The van der Waals surface area contributed by atoms with Gasteiger partial charge < -0.3 is 10.1 Å². The van der Waals surface area contributed by atoms with E-state index >= 15 is 0 Å². The van der Waals surface area contributed by atoms with Gasteiger partial charge in [0.25, 0.3) is 0 Å². The summed E-state index contributed by atoms with van der Waals surface area (Å²) in [7, 11) is 1.78. The molecule has 0 bridgehead atoms. The van der Waals surface area contributed by atoms with E-state index in [0.29, 0.717) is 24.8 Å². The third kappa shape index (κ3) is 3.38. The number of ketones is 1. The molecule has 1 saturated heterocycles. The highest BCUT2D eigenvalue weighted by Crippen LogP contribution is 2.08. The Morgan fingerprint density at radius 3 is 3.00 bits per heavy atom. The molecule has 5 heteroatoms. The standard InChI is InChI=1S/C12H19N3O2/c1-15-11(4-8-14-15)12(16)5-9-17-10-2-6-13-7-3-10/h4,8,10,13H,2-3,5-7,9H2,1H3. The average Bonchev–Trinajstić information content (AvgIpc) is 2.77. The number of nitrogens with one attached hydrogen (secondary N) is 1. The van der Waals surface area contributed by atoms with E-state index in [4.69, 9.17) is 4.74 Å². The van der Waals surface area contributed by atoms with Gasteiger partial charge in [0.1, 0.15) is 5.69 Å². The van der Waals surface area contributed by atoms with Crippen molar-refractivity contribution in [2.75, 3.05) is 19.7 Å². The van der Waals surface area contributed by atoms with Crippen molar-refractivity contribution in [1.29, 1.82) is 0 Å². The van der Waals surface area contributed by atoms with Gasteiger partial charge in [-0.05, 0) is 32.0 Å². The minimum absolute atomic E-state index is 0.0962. The number of aryl methyl sites for hydroxylation is 1. The Morgan fingerprint density at radius 1 is 1.59 bits per heavy atom. The minimum Gasteiger partial charge on any atom is -0.378 e. The first kappa shape index (κ1) is 12.3. The molecule has 1 aliphatic rings. The van der Waals surface area contributed by atoms with Crippen molar-refractivity contribution < 1.29 is 9.53 Å². The van der Waals surface area contributed by atoms with Crippen molar-refractivity contribution in [3.05, 3.63) is 18.0 Å². The lowest BCUT2D eigenvalue weighted by molar-refractivity contribution is 0.0312. The Labute approximate surface area is 101 Å². The molecule has 5 nitrogen and oxygen atoms in total. The number of piperidine rings is 1. The Bertz CT molecular complexity index is 370. The molecule has 0 atom stereocenters. The maximum atomic E-state index is 11.8. The number of Topliss-reactive ketones (excluding diaryl/α,β-unsaturated/α-hetero) is 1. The van der Waals surface area contributed by atoms with Crippen LogP contribution in [0.5, 0.6) is 0 Å². The fourth-order valence-electron chi connectivity index (χ4n) is 2.06. The van der Waals surface area contributed by atoms with Crippen LogP contribution in [0, 0.1) is 0 Å². The second kappa shape index (κ2) is 5.93. The zero-order valence-electron chi connectivity index (χ0n) is 10.2. The van der Waals surface area contributed by atoms with Crippen LogP contribution in [-0.2, 0) is 11.8 Å². The molecular weight excluding hydrogens is 218 g/mol. The number of carbonyl (C=O) groups is 1. The molecule has 94 valence electrons. The number of nitrogens with zero attached hydrogens (tertiary/aromatic N) is 2. The lowest BCUT2D eigenvalue weighted by Gasteiger charge is -2.22. The predicted molar refractivity (Wildman–Crippen MR) is 64.0 cm³/mol. The number of hydrogen-bond acceptors (Lipinski definition) is 4. The van der Waals surface area contributed by atoms with E-state index in [-0.39, 0.29) is 5.78 Å². The fraction of sp³-hybridized carbons (Fsp3) is 0.667. The average molecular weight is 237 g/mol. The van der Waals surface area contributed by atoms with Crippen molar-refractivity contribution in [3.8, 4) is 0 Å². The van der Waals surface area contributed by atoms with Gasteiger partial charge in [-0.2, -0.15) is 5.10 Å². The summed E-state index contributed by atoms with van der Waals surface area (Å²) < 4.78 is 7.31. The highest BCUT2D eigenvalue weighted by molar-refractivity contribution is 5.94. The second-order valence-corrected chi connectivity index (χ2v) is 4.33. The minimum atomic E-state index is 0.0962. The molecular formula is C12H19N3O2. The monoisotopic (exact) mass is 237 g/mol. The van der Waals surface area contributed by atoms with Crippen LogP contribution in [0.3, 0.4) is 0 Å². The van der Waals surface area contributed by atoms with Crippen LogP contribution in [0.25, 0.3) is 0 Å². The largest absolute Gasteiger partial charge is 0.378 e. The Morgan fingerprint density at radius 2 is 2.35 bits per heavy atom. The van der Waals surface area contributed by atoms with Gasteiger partial charge in [0, 0.05) is 19.7 Å². The van der Waals surface area contributed by atoms with E-state index in [9.17, 15) is 4.79 Å². The lowest BCUT2D eigenvalue weighted by atomic mass is 10.1. The van der Waals surface area contributed by atoms with E-state index in [1.165, 1.54) is 0 Å². The van der Waals surface area contributed by atoms with Crippen LogP contribution >= 0.6 is 0 Å². The zero-order chi connectivity index (χ0) is 12.1. The van der Waals surface area contributed by atoms with Gasteiger partial charge in [-0.25, -0.2) is 0 Å². The summed E-state index contributed by atoms with van der Waals surface area (Å²) in [5.41, 5.74) is 0.652. The zero-order valence-corrected chi connectivity index (χ0v) is 10.2. The highest BCUT2D eigenvalue weighted by atomic mass is 16.5. The molecule has 1 N–H and O–H groups in total.